The summed E-state index contributed by atoms with van der Waals surface area (Å²) in [5, 5.41) is 38.8. The molecule has 0 amide bonds. The maximum absolute atomic E-state index is 11.0. The molecule has 0 spiro atoms. The number of rotatable bonds is 8. The van der Waals surface area contributed by atoms with Crippen LogP contribution >= 0.6 is 0 Å². The van der Waals surface area contributed by atoms with Gasteiger partial charge in [0.1, 0.15) is 6.10 Å². The molecule has 0 aliphatic carbocycles. The summed E-state index contributed by atoms with van der Waals surface area (Å²) in [6, 6.07) is 8.24. The number of benzene rings is 2. The number of phenolic OH excluding ortho intramolecular Hbond substituents is 1. The van der Waals surface area contributed by atoms with E-state index in [1.165, 1.54) is 50.6 Å². The van der Waals surface area contributed by atoms with Crippen LogP contribution in [-0.2, 0) is 0 Å². The van der Waals surface area contributed by atoms with Crippen molar-refractivity contribution in [3.63, 3.8) is 0 Å². The van der Waals surface area contributed by atoms with Gasteiger partial charge in [0.15, 0.2) is 29.1 Å². The van der Waals surface area contributed by atoms with E-state index >= 15 is 0 Å². The van der Waals surface area contributed by atoms with E-state index in [-0.39, 0.29) is 28.6 Å². The number of methoxy groups -OCH3 is 2. The standard InChI is InChI=1S/C18H20O8/c1-24-14-7-10(3-5-12(14)20)17(21)16(9-19)26-13-6-4-11(18(22)23)8-15(13)25-2/h3-8,16-17,19-21H,9H2,1-2H3,(H,22,23)/t16-,17-/m0/s1. The van der Waals surface area contributed by atoms with E-state index < -0.39 is 24.8 Å². The summed E-state index contributed by atoms with van der Waals surface area (Å²) < 4.78 is 15.7. The first kappa shape index (κ1) is 19.4. The predicted octanol–water partition coefficient (Wildman–Crippen LogP) is 1.58. The van der Waals surface area contributed by atoms with E-state index in [9.17, 15) is 20.1 Å². The Bertz CT molecular complexity index is 774. The molecule has 2 rings (SSSR count). The Morgan fingerprint density at radius 3 is 2.31 bits per heavy atom. The van der Waals surface area contributed by atoms with Crippen molar-refractivity contribution < 1.29 is 39.4 Å². The highest BCUT2D eigenvalue weighted by Crippen LogP contribution is 2.33. The largest absolute Gasteiger partial charge is 0.504 e. The summed E-state index contributed by atoms with van der Waals surface area (Å²) in [7, 11) is 2.73. The van der Waals surface area contributed by atoms with Crippen molar-refractivity contribution in [1.29, 1.82) is 0 Å². The van der Waals surface area contributed by atoms with Crippen molar-refractivity contribution in [3.8, 4) is 23.0 Å². The maximum atomic E-state index is 11.0. The zero-order chi connectivity index (χ0) is 19.3. The van der Waals surface area contributed by atoms with Gasteiger partial charge >= 0.3 is 5.97 Å². The lowest BCUT2D eigenvalue weighted by molar-refractivity contribution is -0.000540. The minimum atomic E-state index is -1.24. The number of phenols is 1. The number of aromatic hydroxyl groups is 1. The summed E-state index contributed by atoms with van der Waals surface area (Å²) in [6.45, 7) is -0.520. The van der Waals surface area contributed by atoms with Crippen molar-refractivity contribution in [2.45, 2.75) is 12.2 Å². The average Bonchev–Trinajstić information content (AvgIpc) is 2.65. The van der Waals surface area contributed by atoms with E-state index in [2.05, 4.69) is 0 Å². The Morgan fingerprint density at radius 1 is 1.04 bits per heavy atom. The van der Waals surface area contributed by atoms with Gasteiger partial charge in [-0.2, -0.15) is 0 Å². The fraction of sp³-hybridized carbons (Fsp3) is 0.278. The van der Waals surface area contributed by atoms with Gasteiger partial charge in [-0.15, -0.1) is 0 Å². The molecule has 2 atom stereocenters. The number of carboxylic acids is 1. The fourth-order valence-electron chi connectivity index (χ4n) is 2.36. The molecule has 0 heterocycles. The first-order chi connectivity index (χ1) is 12.4. The third-order valence-corrected chi connectivity index (χ3v) is 3.77. The fourth-order valence-corrected chi connectivity index (χ4v) is 2.36. The first-order valence-corrected chi connectivity index (χ1v) is 7.65. The summed E-state index contributed by atoms with van der Waals surface area (Å²) in [5.41, 5.74) is 0.374. The lowest BCUT2D eigenvalue weighted by Crippen LogP contribution is -2.29. The lowest BCUT2D eigenvalue weighted by Gasteiger charge is -2.24. The average molecular weight is 364 g/mol. The van der Waals surface area contributed by atoms with Gasteiger partial charge in [0.2, 0.25) is 0 Å². The van der Waals surface area contributed by atoms with Crippen LogP contribution in [0, 0.1) is 0 Å². The molecule has 0 aliphatic rings. The molecule has 140 valence electrons. The lowest BCUT2D eigenvalue weighted by atomic mass is 10.0. The van der Waals surface area contributed by atoms with Crippen LogP contribution in [0.1, 0.15) is 22.0 Å². The third kappa shape index (κ3) is 4.16. The Labute approximate surface area is 149 Å². The SMILES string of the molecule is COc1cc([C@H](O)[C@H](CO)Oc2ccc(C(=O)O)cc2OC)ccc1O. The molecule has 2 aromatic carbocycles. The van der Waals surface area contributed by atoms with Gasteiger partial charge in [0, 0.05) is 0 Å². The second-order valence-corrected chi connectivity index (χ2v) is 5.39. The number of hydrogen-bond donors (Lipinski definition) is 4. The van der Waals surface area contributed by atoms with Crippen molar-refractivity contribution in [1.82, 2.24) is 0 Å². The van der Waals surface area contributed by atoms with Crippen LogP contribution in [0.2, 0.25) is 0 Å². The Hall–Kier alpha value is -2.97. The quantitative estimate of drug-likeness (QED) is 0.556. The normalized spacial score (nSPS) is 12.9. The zero-order valence-electron chi connectivity index (χ0n) is 14.2. The van der Waals surface area contributed by atoms with Crippen LogP contribution in [0.5, 0.6) is 23.0 Å². The second-order valence-electron chi connectivity index (χ2n) is 5.39. The van der Waals surface area contributed by atoms with Gasteiger partial charge in [0.05, 0.1) is 26.4 Å². The van der Waals surface area contributed by atoms with Gasteiger partial charge in [-0.25, -0.2) is 4.79 Å². The highest BCUT2D eigenvalue weighted by molar-refractivity contribution is 5.88. The number of aliphatic hydroxyl groups is 2. The summed E-state index contributed by atoms with van der Waals surface area (Å²) in [6.07, 6.45) is -2.30. The number of aromatic carboxylic acids is 1. The van der Waals surface area contributed by atoms with Crippen LogP contribution in [-0.4, -0.2) is 53.3 Å². The molecule has 0 aromatic heterocycles. The second kappa shape index (κ2) is 8.41. The Morgan fingerprint density at radius 2 is 1.73 bits per heavy atom. The third-order valence-electron chi connectivity index (χ3n) is 3.77. The highest BCUT2D eigenvalue weighted by atomic mass is 16.5. The van der Waals surface area contributed by atoms with Gasteiger partial charge in [-0.3, -0.25) is 0 Å². The molecule has 8 heteroatoms. The molecule has 0 saturated heterocycles. The minimum absolute atomic E-state index is 0.0126. The van der Waals surface area contributed by atoms with Crippen molar-refractivity contribution in [3.05, 3.63) is 47.5 Å². The van der Waals surface area contributed by atoms with Crippen LogP contribution < -0.4 is 14.2 Å². The number of aliphatic hydroxyl groups excluding tert-OH is 2. The smallest absolute Gasteiger partial charge is 0.335 e. The summed E-state index contributed by atoms with van der Waals surface area (Å²) in [4.78, 5) is 11.0. The van der Waals surface area contributed by atoms with E-state index in [4.69, 9.17) is 19.3 Å². The number of carboxylic acid groups (broad SMARTS) is 1. The Balaban J connectivity index is 2.27. The summed E-state index contributed by atoms with van der Waals surface area (Å²) >= 11 is 0. The Kier molecular flexibility index (Phi) is 6.26. The monoisotopic (exact) mass is 364 g/mol. The molecule has 8 nitrogen and oxygen atoms in total. The molecule has 0 radical (unpaired) electrons. The van der Waals surface area contributed by atoms with E-state index in [0.717, 1.165) is 0 Å². The molecule has 0 aliphatic heterocycles. The molecule has 2 aromatic rings. The molecule has 0 unspecified atom stereocenters. The molecule has 0 saturated carbocycles. The number of hydrogen-bond acceptors (Lipinski definition) is 7. The first-order valence-electron chi connectivity index (χ1n) is 7.65. The van der Waals surface area contributed by atoms with Gasteiger partial charge in [-0.1, -0.05) is 6.07 Å². The van der Waals surface area contributed by atoms with Crippen LogP contribution in [0.3, 0.4) is 0 Å². The van der Waals surface area contributed by atoms with E-state index in [1.807, 2.05) is 0 Å². The van der Waals surface area contributed by atoms with Crippen LogP contribution in [0.15, 0.2) is 36.4 Å². The van der Waals surface area contributed by atoms with Crippen LogP contribution in [0.25, 0.3) is 0 Å². The van der Waals surface area contributed by atoms with E-state index in [1.54, 1.807) is 0 Å². The maximum Gasteiger partial charge on any atom is 0.335 e. The van der Waals surface area contributed by atoms with Gasteiger partial charge in [-0.05, 0) is 35.9 Å². The molecule has 4 N–H and O–H groups in total. The van der Waals surface area contributed by atoms with Crippen molar-refractivity contribution >= 4 is 5.97 Å². The predicted molar refractivity (Wildman–Crippen MR) is 91.1 cm³/mol. The van der Waals surface area contributed by atoms with Gasteiger partial charge in [0.25, 0.3) is 0 Å². The number of carbonyl (C=O) groups is 1. The summed E-state index contributed by atoms with van der Waals surface area (Å²) in [5.74, 6) is -0.720. The molecular weight excluding hydrogens is 344 g/mol. The zero-order valence-corrected chi connectivity index (χ0v) is 14.2. The van der Waals surface area contributed by atoms with Crippen molar-refractivity contribution in [2.24, 2.45) is 0 Å². The van der Waals surface area contributed by atoms with Crippen LogP contribution in [0.4, 0.5) is 0 Å². The molecule has 0 fully saturated rings. The van der Waals surface area contributed by atoms with Gasteiger partial charge < -0.3 is 34.6 Å². The highest BCUT2D eigenvalue weighted by Gasteiger charge is 2.25. The molecular formula is C18H20O8. The van der Waals surface area contributed by atoms with Crippen molar-refractivity contribution in [2.75, 3.05) is 20.8 Å². The topological polar surface area (TPSA) is 126 Å². The molecule has 0 bridgehead atoms. The molecule has 26 heavy (non-hydrogen) atoms. The minimum Gasteiger partial charge on any atom is -0.504 e. The number of ether oxygens (including phenoxy) is 3. The van der Waals surface area contributed by atoms with E-state index in [0.29, 0.717) is 5.56 Å².